The molecule has 0 fully saturated rings. The van der Waals surface area contributed by atoms with Gasteiger partial charge in [0.25, 0.3) is 0 Å². The first kappa shape index (κ1) is 13.5. The summed E-state index contributed by atoms with van der Waals surface area (Å²) in [5.74, 6) is -0.840. The molecule has 0 aliphatic heterocycles. The lowest BCUT2D eigenvalue weighted by Crippen LogP contribution is -2.25. The number of Topliss-reactive ketones (excluding diaryl/α,β-unsaturated/α-hetero) is 2. The minimum atomic E-state index is -0.315. The summed E-state index contributed by atoms with van der Waals surface area (Å²) in [5, 5.41) is 0.0428. The highest BCUT2D eigenvalue weighted by Gasteiger charge is 2.35. The molecule has 0 N–H and O–H groups in total. The van der Waals surface area contributed by atoms with Gasteiger partial charge in [0, 0.05) is 11.1 Å². The second kappa shape index (κ2) is 4.72. The van der Waals surface area contributed by atoms with Gasteiger partial charge in [0.05, 0.1) is 10.1 Å². The molecule has 0 amide bonds. The summed E-state index contributed by atoms with van der Waals surface area (Å²) >= 11 is 11.9. The number of halogens is 2. The van der Waals surface area contributed by atoms with Crippen LogP contribution in [-0.4, -0.2) is 11.6 Å². The van der Waals surface area contributed by atoms with Crippen LogP contribution in [0.4, 0.5) is 0 Å². The Kier molecular flexibility index (Phi) is 3.97. The monoisotopic (exact) mass is 260 g/mol. The van der Waals surface area contributed by atoms with E-state index in [-0.39, 0.29) is 33.5 Å². The number of rotatable bonds is 2. The maximum Gasteiger partial charge on any atom is 0.202 e. The van der Waals surface area contributed by atoms with Gasteiger partial charge >= 0.3 is 0 Å². The Morgan fingerprint density at radius 1 is 0.750 bits per heavy atom. The largest absolute Gasteiger partial charge is 0.288 e. The lowest BCUT2D eigenvalue weighted by molar-refractivity contribution is -0.116. The van der Waals surface area contributed by atoms with Crippen LogP contribution in [-0.2, 0) is 9.59 Å². The van der Waals surface area contributed by atoms with E-state index in [1.807, 2.05) is 27.7 Å². The zero-order valence-electron chi connectivity index (χ0n) is 9.73. The van der Waals surface area contributed by atoms with Gasteiger partial charge in [-0.05, 0) is 11.8 Å². The van der Waals surface area contributed by atoms with Gasteiger partial charge in [0.15, 0.2) is 0 Å². The van der Waals surface area contributed by atoms with Crippen LogP contribution in [0.1, 0.15) is 27.7 Å². The molecule has 0 saturated carbocycles. The normalized spacial score (nSPS) is 18.2. The van der Waals surface area contributed by atoms with Gasteiger partial charge in [0.2, 0.25) is 11.6 Å². The predicted molar refractivity (Wildman–Crippen MR) is 65.4 cm³/mol. The predicted octanol–water partition coefficient (Wildman–Crippen LogP) is 3.44. The Labute approximate surface area is 105 Å². The molecule has 1 rings (SSSR count). The second-order valence-corrected chi connectivity index (χ2v) is 5.18. The molecule has 0 bridgehead atoms. The Hall–Kier alpha value is -0.600. The van der Waals surface area contributed by atoms with Crippen LogP contribution in [0.2, 0.25) is 0 Å². The van der Waals surface area contributed by atoms with Crippen molar-refractivity contribution in [2.45, 2.75) is 27.7 Å². The molecular weight excluding hydrogens is 247 g/mol. The minimum absolute atomic E-state index is 0.0214. The van der Waals surface area contributed by atoms with Crippen LogP contribution in [0, 0.1) is 11.8 Å². The zero-order chi connectivity index (χ0) is 12.6. The molecule has 16 heavy (non-hydrogen) atoms. The SMILES string of the molecule is CC(C)C1=C(Cl)C(=O)C(C(C)C)=C(Cl)C1=O. The maximum absolute atomic E-state index is 12.0. The summed E-state index contributed by atoms with van der Waals surface area (Å²) in [6.07, 6.45) is 0. The molecule has 0 aromatic heterocycles. The van der Waals surface area contributed by atoms with E-state index >= 15 is 0 Å². The van der Waals surface area contributed by atoms with E-state index in [1.165, 1.54) is 0 Å². The topological polar surface area (TPSA) is 34.1 Å². The highest BCUT2D eigenvalue weighted by molar-refractivity contribution is 6.56. The maximum atomic E-state index is 12.0. The highest BCUT2D eigenvalue weighted by atomic mass is 35.5. The fourth-order valence-electron chi connectivity index (χ4n) is 1.71. The van der Waals surface area contributed by atoms with Crippen molar-refractivity contribution in [1.82, 2.24) is 0 Å². The van der Waals surface area contributed by atoms with Gasteiger partial charge in [-0.25, -0.2) is 0 Å². The standard InChI is InChI=1S/C12H14Cl2O2/c1-5(2)7-9(13)12(16)8(6(3)4)10(14)11(7)15/h5-6H,1-4H3. The smallest absolute Gasteiger partial charge is 0.202 e. The van der Waals surface area contributed by atoms with Crippen LogP contribution >= 0.6 is 23.2 Å². The summed E-state index contributed by atoms with van der Waals surface area (Å²) in [7, 11) is 0. The van der Waals surface area contributed by atoms with Crippen LogP contribution in [0.25, 0.3) is 0 Å². The van der Waals surface area contributed by atoms with E-state index < -0.39 is 0 Å². The molecule has 0 spiro atoms. The van der Waals surface area contributed by atoms with Gasteiger partial charge in [-0.15, -0.1) is 0 Å². The Morgan fingerprint density at radius 3 is 1.19 bits per heavy atom. The van der Waals surface area contributed by atoms with Crippen LogP contribution in [0.3, 0.4) is 0 Å². The van der Waals surface area contributed by atoms with Crippen LogP contribution in [0.15, 0.2) is 21.2 Å². The molecule has 0 aromatic carbocycles. The van der Waals surface area contributed by atoms with E-state index in [0.29, 0.717) is 11.1 Å². The number of ketones is 2. The number of hydrogen-bond donors (Lipinski definition) is 0. The average molecular weight is 261 g/mol. The van der Waals surface area contributed by atoms with Crippen LogP contribution in [0.5, 0.6) is 0 Å². The van der Waals surface area contributed by atoms with Gasteiger partial charge in [-0.1, -0.05) is 50.9 Å². The fraction of sp³-hybridized carbons (Fsp3) is 0.500. The third-order valence-electron chi connectivity index (χ3n) is 2.52. The van der Waals surface area contributed by atoms with Gasteiger partial charge in [-0.3, -0.25) is 9.59 Å². The molecular formula is C12H14Cl2O2. The molecule has 0 atom stereocenters. The number of hydrogen-bond acceptors (Lipinski definition) is 2. The Bertz CT molecular complexity index is 375. The summed E-state index contributed by atoms with van der Waals surface area (Å²) in [6.45, 7) is 7.25. The molecule has 4 heteroatoms. The lowest BCUT2D eigenvalue weighted by Gasteiger charge is -2.21. The zero-order valence-corrected chi connectivity index (χ0v) is 11.2. The van der Waals surface area contributed by atoms with E-state index in [0.717, 1.165) is 0 Å². The first-order chi connectivity index (χ1) is 7.29. The van der Waals surface area contributed by atoms with Crippen LogP contribution < -0.4 is 0 Å². The summed E-state index contributed by atoms with van der Waals surface area (Å²) in [5.41, 5.74) is 0.641. The highest BCUT2D eigenvalue weighted by Crippen LogP contribution is 2.35. The number of carbonyl (C=O) groups excluding carboxylic acids is 2. The van der Waals surface area contributed by atoms with Gasteiger partial charge < -0.3 is 0 Å². The van der Waals surface area contributed by atoms with E-state index in [4.69, 9.17) is 23.2 Å². The molecule has 0 aromatic rings. The molecule has 0 saturated heterocycles. The summed E-state index contributed by atoms with van der Waals surface area (Å²) < 4.78 is 0. The molecule has 0 radical (unpaired) electrons. The quantitative estimate of drug-likeness (QED) is 0.713. The van der Waals surface area contributed by atoms with E-state index in [2.05, 4.69) is 0 Å². The first-order valence-corrected chi connectivity index (χ1v) is 5.93. The van der Waals surface area contributed by atoms with Crippen molar-refractivity contribution in [2.75, 3.05) is 0 Å². The second-order valence-electron chi connectivity index (χ2n) is 4.42. The molecule has 0 unspecified atom stereocenters. The van der Waals surface area contributed by atoms with Crippen molar-refractivity contribution in [3.05, 3.63) is 21.2 Å². The Balaban J connectivity index is 3.37. The first-order valence-electron chi connectivity index (χ1n) is 5.17. The van der Waals surface area contributed by atoms with Gasteiger partial charge in [0.1, 0.15) is 0 Å². The van der Waals surface area contributed by atoms with Crippen molar-refractivity contribution in [3.63, 3.8) is 0 Å². The molecule has 1 aliphatic rings. The third-order valence-corrected chi connectivity index (χ3v) is 3.27. The molecule has 2 nitrogen and oxygen atoms in total. The third kappa shape index (κ3) is 2.09. The number of allylic oxidation sites excluding steroid dienone is 4. The number of carbonyl (C=O) groups is 2. The average Bonchev–Trinajstić information content (AvgIpc) is 2.14. The van der Waals surface area contributed by atoms with Crippen molar-refractivity contribution >= 4 is 34.8 Å². The van der Waals surface area contributed by atoms with E-state index in [9.17, 15) is 9.59 Å². The van der Waals surface area contributed by atoms with E-state index in [1.54, 1.807) is 0 Å². The molecule has 0 heterocycles. The molecule has 1 aliphatic carbocycles. The van der Waals surface area contributed by atoms with Crippen molar-refractivity contribution in [3.8, 4) is 0 Å². The lowest BCUT2D eigenvalue weighted by atomic mass is 9.85. The van der Waals surface area contributed by atoms with Crippen molar-refractivity contribution in [2.24, 2.45) is 11.8 Å². The summed E-state index contributed by atoms with van der Waals surface area (Å²) in [6, 6.07) is 0. The Morgan fingerprint density at radius 2 is 1.00 bits per heavy atom. The molecule has 88 valence electrons. The van der Waals surface area contributed by atoms with Crippen molar-refractivity contribution in [1.29, 1.82) is 0 Å². The summed E-state index contributed by atoms with van der Waals surface area (Å²) in [4.78, 5) is 23.9. The van der Waals surface area contributed by atoms with Gasteiger partial charge in [-0.2, -0.15) is 0 Å². The minimum Gasteiger partial charge on any atom is -0.288 e. The van der Waals surface area contributed by atoms with Crippen molar-refractivity contribution < 1.29 is 9.59 Å². The fourth-order valence-corrected chi connectivity index (χ4v) is 2.52.